The normalized spacial score (nSPS) is 18.8. The van der Waals surface area contributed by atoms with Gasteiger partial charge in [0.05, 0.1) is 12.1 Å². The Bertz CT molecular complexity index is 1030. The molecule has 1 aromatic heterocycles. The van der Waals surface area contributed by atoms with Gasteiger partial charge >= 0.3 is 0 Å². The first-order valence-corrected chi connectivity index (χ1v) is 12.7. The van der Waals surface area contributed by atoms with Crippen LogP contribution in [0.15, 0.2) is 59.0 Å². The predicted molar refractivity (Wildman–Crippen MR) is 152 cm³/mol. The second-order valence-electron chi connectivity index (χ2n) is 9.60. The summed E-state index contributed by atoms with van der Waals surface area (Å²) in [5, 5.41) is 13.6. The Morgan fingerprint density at radius 1 is 0.917 bits per heavy atom. The molecule has 198 valence electrons. The molecule has 2 heterocycles. The molecule has 36 heavy (non-hydrogen) atoms. The largest absolute Gasteiger partial charge is 0.460 e. The van der Waals surface area contributed by atoms with Crippen molar-refractivity contribution in [3.63, 3.8) is 0 Å². The molecule has 8 heteroatoms. The van der Waals surface area contributed by atoms with Crippen LogP contribution >= 0.6 is 36.4 Å². The molecule has 2 aromatic carbocycles. The van der Waals surface area contributed by atoms with E-state index in [0.29, 0.717) is 0 Å². The number of fused-ring (bicyclic) bond motifs is 1. The van der Waals surface area contributed by atoms with Crippen LogP contribution in [-0.4, -0.2) is 60.0 Å². The van der Waals surface area contributed by atoms with Crippen molar-refractivity contribution in [3.05, 3.63) is 70.9 Å². The molecule has 1 aliphatic carbocycles. The molecular formula is C28H37Cl3N2O3. The van der Waals surface area contributed by atoms with Crippen LogP contribution in [0.3, 0.4) is 0 Å². The van der Waals surface area contributed by atoms with E-state index in [9.17, 15) is 5.11 Å². The number of nitrogens with zero attached hydrogens (tertiary/aromatic N) is 2. The van der Waals surface area contributed by atoms with E-state index < -0.39 is 5.60 Å². The van der Waals surface area contributed by atoms with Gasteiger partial charge in [-0.05, 0) is 42.7 Å². The number of hydrogen-bond acceptors (Lipinski definition) is 5. The maximum Gasteiger partial charge on any atom is 0.134 e. The topological polar surface area (TPSA) is 56.9 Å². The Hall–Kier alpha value is -1.60. The molecule has 1 N–H and O–H groups in total. The van der Waals surface area contributed by atoms with Crippen molar-refractivity contribution >= 4 is 54.2 Å². The summed E-state index contributed by atoms with van der Waals surface area (Å²) >= 11 is 6.33. The molecule has 0 amide bonds. The van der Waals surface area contributed by atoms with Crippen LogP contribution < -0.4 is 0 Å². The lowest BCUT2D eigenvalue weighted by Crippen LogP contribution is -2.50. The lowest BCUT2D eigenvalue weighted by molar-refractivity contribution is -0.0980. The first-order chi connectivity index (χ1) is 16.6. The minimum absolute atomic E-state index is 0. The molecule has 0 spiro atoms. The van der Waals surface area contributed by atoms with Gasteiger partial charge < -0.3 is 19.2 Å². The van der Waals surface area contributed by atoms with Crippen molar-refractivity contribution in [2.45, 2.75) is 50.2 Å². The van der Waals surface area contributed by atoms with Gasteiger partial charge in [0.2, 0.25) is 0 Å². The van der Waals surface area contributed by atoms with Crippen LogP contribution in [0.1, 0.15) is 49.3 Å². The minimum atomic E-state index is -0.631. The zero-order chi connectivity index (χ0) is 24.0. The Morgan fingerprint density at radius 3 is 2.25 bits per heavy atom. The number of carbonyl (C=O) groups is 1. The molecule has 0 bridgehead atoms. The molecule has 1 unspecified atom stereocenters. The highest BCUT2D eigenvalue weighted by atomic mass is 35.5. The van der Waals surface area contributed by atoms with Gasteiger partial charge in [-0.15, -0.1) is 24.8 Å². The standard InChI is InChI=1S/C27H33ClN2O2.CH2O.2ClH/c28-23-9-6-8-21(17-23)25(27(31)11-4-1-5-12-27)20-30-15-13-29(14-16-30)19-24-18-22-7-2-3-10-26(22)32-24;1-2;;/h2-3,6-10,17-18,25,31H,1,4-5,11-16,19-20H2;1H2;2*1H. The monoisotopic (exact) mass is 554 g/mol. The van der Waals surface area contributed by atoms with E-state index in [4.69, 9.17) is 20.8 Å². The second kappa shape index (κ2) is 14.4. The van der Waals surface area contributed by atoms with Crippen LogP contribution in [0.5, 0.6) is 0 Å². The molecule has 1 aliphatic heterocycles. The molecule has 0 radical (unpaired) electrons. The zero-order valence-corrected chi connectivity index (χ0v) is 23.0. The Kier molecular flexibility index (Phi) is 12.2. The van der Waals surface area contributed by atoms with Crippen LogP contribution in [0.2, 0.25) is 5.02 Å². The summed E-state index contributed by atoms with van der Waals surface area (Å²) < 4.78 is 6.02. The average molecular weight is 556 g/mol. The molecule has 1 saturated carbocycles. The van der Waals surface area contributed by atoms with Crippen molar-refractivity contribution in [1.82, 2.24) is 9.80 Å². The van der Waals surface area contributed by atoms with Gasteiger partial charge in [0, 0.05) is 49.1 Å². The highest BCUT2D eigenvalue weighted by Gasteiger charge is 2.40. The van der Waals surface area contributed by atoms with Crippen molar-refractivity contribution in [2.24, 2.45) is 0 Å². The van der Waals surface area contributed by atoms with Gasteiger partial charge in [-0.1, -0.05) is 61.2 Å². The molecule has 5 nitrogen and oxygen atoms in total. The summed E-state index contributed by atoms with van der Waals surface area (Å²) in [6.07, 6.45) is 5.22. The van der Waals surface area contributed by atoms with Crippen LogP contribution in [0.4, 0.5) is 0 Å². The average Bonchev–Trinajstić information content (AvgIpc) is 3.27. The minimum Gasteiger partial charge on any atom is -0.460 e. The van der Waals surface area contributed by atoms with Gasteiger partial charge in [0.1, 0.15) is 18.1 Å². The highest BCUT2D eigenvalue weighted by Crippen LogP contribution is 2.41. The predicted octanol–water partition coefficient (Wildman–Crippen LogP) is 6.34. The summed E-state index contributed by atoms with van der Waals surface area (Å²) in [4.78, 5) is 13.0. The van der Waals surface area contributed by atoms with Crippen LogP contribution in [-0.2, 0) is 11.3 Å². The van der Waals surface area contributed by atoms with Crippen molar-refractivity contribution in [2.75, 3.05) is 32.7 Å². The fourth-order valence-corrected chi connectivity index (χ4v) is 5.74. The molecule has 1 saturated heterocycles. The van der Waals surface area contributed by atoms with Gasteiger partial charge in [-0.25, -0.2) is 0 Å². The second-order valence-corrected chi connectivity index (χ2v) is 10.0. The van der Waals surface area contributed by atoms with E-state index in [-0.39, 0.29) is 30.7 Å². The Morgan fingerprint density at radius 2 is 1.58 bits per heavy atom. The molecule has 3 aromatic rings. The van der Waals surface area contributed by atoms with Gasteiger partial charge in [-0.3, -0.25) is 4.90 Å². The van der Waals surface area contributed by atoms with Crippen LogP contribution in [0, 0.1) is 0 Å². The fraction of sp³-hybridized carbons (Fsp3) is 0.464. The van der Waals surface area contributed by atoms with Gasteiger partial charge in [-0.2, -0.15) is 0 Å². The summed E-state index contributed by atoms with van der Waals surface area (Å²) in [6, 6.07) is 18.5. The lowest BCUT2D eigenvalue weighted by Gasteiger charge is -2.43. The van der Waals surface area contributed by atoms with E-state index in [1.807, 2.05) is 31.1 Å². The number of benzene rings is 2. The van der Waals surface area contributed by atoms with E-state index in [1.54, 1.807) is 0 Å². The van der Waals surface area contributed by atoms with Crippen molar-refractivity contribution < 1.29 is 14.3 Å². The molecule has 2 aliphatic rings. The summed E-state index contributed by atoms with van der Waals surface area (Å²) in [7, 11) is 0. The third-order valence-corrected chi connectivity index (χ3v) is 7.62. The maximum atomic E-state index is 11.6. The van der Waals surface area contributed by atoms with Crippen LogP contribution in [0.25, 0.3) is 11.0 Å². The highest BCUT2D eigenvalue weighted by molar-refractivity contribution is 6.30. The number of aliphatic hydroxyl groups is 1. The van der Waals surface area contributed by atoms with E-state index in [1.165, 1.54) is 17.4 Å². The van der Waals surface area contributed by atoms with Crippen molar-refractivity contribution in [3.8, 4) is 0 Å². The molecule has 2 fully saturated rings. The third kappa shape index (κ3) is 7.47. The number of furan rings is 1. The van der Waals surface area contributed by atoms with Gasteiger partial charge in [0.15, 0.2) is 0 Å². The molecular weight excluding hydrogens is 519 g/mol. The Labute approximate surface area is 231 Å². The Balaban J connectivity index is 0.00000111. The number of carbonyl (C=O) groups excluding carboxylic acids is 1. The van der Waals surface area contributed by atoms with E-state index >= 15 is 0 Å². The SMILES string of the molecule is C=O.Cl.Cl.OC1(C(CN2CCN(Cc3cc4ccccc4o3)CC2)c2cccc(Cl)c2)CCCCC1. The number of piperazine rings is 1. The smallest absolute Gasteiger partial charge is 0.134 e. The number of hydrogen-bond donors (Lipinski definition) is 1. The van der Waals surface area contributed by atoms with E-state index in [2.05, 4.69) is 40.1 Å². The molecule has 1 atom stereocenters. The third-order valence-electron chi connectivity index (χ3n) is 7.38. The quantitative estimate of drug-likeness (QED) is 0.385. The van der Waals surface area contributed by atoms with E-state index in [0.717, 1.165) is 81.3 Å². The summed E-state index contributed by atoms with van der Waals surface area (Å²) in [6.45, 7) is 7.77. The number of halogens is 3. The molecule has 5 rings (SSSR count). The zero-order valence-electron chi connectivity index (χ0n) is 20.6. The lowest BCUT2D eigenvalue weighted by atomic mass is 9.72. The first-order valence-electron chi connectivity index (χ1n) is 12.3. The number of rotatable bonds is 6. The first kappa shape index (κ1) is 30.6. The summed E-state index contributed by atoms with van der Waals surface area (Å²) in [5.74, 6) is 1.14. The van der Waals surface area contributed by atoms with Gasteiger partial charge in [0.25, 0.3) is 0 Å². The maximum absolute atomic E-state index is 11.6. The number of para-hydroxylation sites is 1. The van der Waals surface area contributed by atoms with Crippen molar-refractivity contribution in [1.29, 1.82) is 0 Å². The fourth-order valence-electron chi connectivity index (χ4n) is 5.54. The summed E-state index contributed by atoms with van der Waals surface area (Å²) in [5.41, 5.74) is 1.51.